The molecule has 4 rings (SSSR count). The molecule has 1 atom stereocenters. The highest BCUT2D eigenvalue weighted by molar-refractivity contribution is 5.99. The molecule has 27 heavy (non-hydrogen) atoms. The Morgan fingerprint density at radius 2 is 2.07 bits per heavy atom. The Bertz CT molecular complexity index is 1020. The van der Waals surface area contributed by atoms with E-state index in [4.69, 9.17) is 5.73 Å². The van der Waals surface area contributed by atoms with Crippen molar-refractivity contribution in [1.29, 1.82) is 0 Å². The van der Waals surface area contributed by atoms with E-state index in [1.165, 1.54) is 12.4 Å². The van der Waals surface area contributed by atoms with Crippen molar-refractivity contribution in [2.45, 2.75) is 12.0 Å². The Balaban J connectivity index is 1.55. The molecule has 0 saturated carbocycles. The maximum absolute atomic E-state index is 13.4. The summed E-state index contributed by atoms with van der Waals surface area (Å²) < 4.78 is 26.4. The van der Waals surface area contributed by atoms with Gasteiger partial charge in [-0.15, -0.1) is 0 Å². The molecule has 8 heteroatoms. The number of benzene rings is 2. The molecule has 1 amide bonds. The minimum atomic E-state index is -1.15. The van der Waals surface area contributed by atoms with Gasteiger partial charge in [-0.25, -0.2) is 18.7 Å². The van der Waals surface area contributed by atoms with E-state index in [1.54, 1.807) is 6.20 Å². The van der Waals surface area contributed by atoms with E-state index in [0.717, 1.165) is 28.7 Å². The molecule has 0 spiro atoms. The van der Waals surface area contributed by atoms with Crippen LogP contribution in [0.25, 0.3) is 10.9 Å². The van der Waals surface area contributed by atoms with Crippen LogP contribution >= 0.6 is 0 Å². The van der Waals surface area contributed by atoms with Gasteiger partial charge in [0, 0.05) is 42.1 Å². The number of amides is 1. The predicted octanol–water partition coefficient (Wildman–Crippen LogP) is 2.45. The van der Waals surface area contributed by atoms with Gasteiger partial charge in [0.25, 0.3) is 0 Å². The van der Waals surface area contributed by atoms with Gasteiger partial charge in [0.05, 0.1) is 5.52 Å². The van der Waals surface area contributed by atoms with Gasteiger partial charge in [-0.2, -0.15) is 0 Å². The quantitative estimate of drug-likeness (QED) is 0.741. The van der Waals surface area contributed by atoms with E-state index in [2.05, 4.69) is 15.3 Å². The molecule has 1 aliphatic rings. The standard InChI is InChI=1S/C19H17F2N5O/c20-14-5-4-12(8-15(14)21)25-18(27)19(22)6-7-26(10-19)17-3-1-2-16-13(17)9-23-11-24-16/h1-5,8-9,11H,6-7,10,22H2,(H,25,27). The Labute approximate surface area is 154 Å². The summed E-state index contributed by atoms with van der Waals surface area (Å²) in [5, 5.41) is 3.46. The highest BCUT2D eigenvalue weighted by Gasteiger charge is 2.41. The predicted molar refractivity (Wildman–Crippen MR) is 98.3 cm³/mol. The Kier molecular flexibility index (Phi) is 4.19. The number of rotatable bonds is 3. The number of anilines is 2. The molecule has 2 aromatic carbocycles. The molecule has 1 unspecified atom stereocenters. The van der Waals surface area contributed by atoms with Crippen LogP contribution < -0.4 is 16.0 Å². The molecular weight excluding hydrogens is 352 g/mol. The lowest BCUT2D eigenvalue weighted by atomic mass is 9.99. The number of fused-ring (bicyclic) bond motifs is 1. The first kappa shape index (κ1) is 17.3. The van der Waals surface area contributed by atoms with Gasteiger partial charge in [-0.3, -0.25) is 4.79 Å². The third-order valence-corrected chi connectivity index (χ3v) is 4.80. The van der Waals surface area contributed by atoms with Gasteiger partial charge in [0.1, 0.15) is 11.9 Å². The molecule has 0 bridgehead atoms. The fourth-order valence-electron chi connectivity index (χ4n) is 3.32. The summed E-state index contributed by atoms with van der Waals surface area (Å²) in [7, 11) is 0. The molecule has 3 N–H and O–H groups in total. The van der Waals surface area contributed by atoms with Crippen LogP contribution in [0.2, 0.25) is 0 Å². The molecule has 138 valence electrons. The Morgan fingerprint density at radius 3 is 2.89 bits per heavy atom. The number of hydrogen-bond acceptors (Lipinski definition) is 5. The summed E-state index contributed by atoms with van der Waals surface area (Å²) in [5.74, 6) is -2.43. The van der Waals surface area contributed by atoms with Crippen LogP contribution in [0.3, 0.4) is 0 Å². The van der Waals surface area contributed by atoms with Crippen molar-refractivity contribution >= 4 is 28.2 Å². The van der Waals surface area contributed by atoms with Gasteiger partial charge in [0.2, 0.25) is 5.91 Å². The molecule has 1 fully saturated rings. The first-order valence-corrected chi connectivity index (χ1v) is 8.45. The molecular formula is C19H17F2N5O. The van der Waals surface area contributed by atoms with Crippen molar-refractivity contribution in [1.82, 2.24) is 9.97 Å². The highest BCUT2D eigenvalue weighted by Crippen LogP contribution is 2.31. The number of nitrogens with one attached hydrogen (secondary N) is 1. The molecule has 3 aromatic rings. The van der Waals surface area contributed by atoms with Gasteiger partial charge in [0.15, 0.2) is 11.6 Å². The van der Waals surface area contributed by atoms with Crippen molar-refractivity contribution in [3.8, 4) is 0 Å². The number of nitrogens with zero attached hydrogens (tertiary/aromatic N) is 3. The molecule has 0 aliphatic carbocycles. The number of halogens is 2. The molecule has 0 radical (unpaired) electrons. The Morgan fingerprint density at radius 1 is 1.22 bits per heavy atom. The SMILES string of the molecule is NC1(C(=O)Nc2ccc(F)c(F)c2)CCN(c2cccc3ncncc23)C1. The fraction of sp³-hybridized carbons (Fsp3) is 0.211. The Hall–Kier alpha value is -3.13. The maximum Gasteiger partial charge on any atom is 0.246 e. The molecule has 2 heterocycles. The average Bonchev–Trinajstić information content (AvgIpc) is 3.08. The lowest BCUT2D eigenvalue weighted by Crippen LogP contribution is -2.53. The topological polar surface area (TPSA) is 84.1 Å². The highest BCUT2D eigenvalue weighted by atomic mass is 19.2. The summed E-state index contributed by atoms with van der Waals surface area (Å²) in [5.41, 5.74) is 7.07. The zero-order valence-electron chi connectivity index (χ0n) is 14.3. The zero-order valence-corrected chi connectivity index (χ0v) is 14.3. The van der Waals surface area contributed by atoms with Gasteiger partial charge in [-0.1, -0.05) is 6.07 Å². The smallest absolute Gasteiger partial charge is 0.246 e. The lowest BCUT2D eigenvalue weighted by molar-refractivity contribution is -0.120. The minimum Gasteiger partial charge on any atom is -0.368 e. The number of carbonyl (C=O) groups excluding carboxylic acids is 1. The van der Waals surface area contributed by atoms with Crippen molar-refractivity contribution in [2.24, 2.45) is 5.73 Å². The fourth-order valence-corrected chi connectivity index (χ4v) is 3.32. The van der Waals surface area contributed by atoms with Crippen molar-refractivity contribution < 1.29 is 13.6 Å². The van der Waals surface area contributed by atoms with Crippen molar-refractivity contribution in [2.75, 3.05) is 23.3 Å². The largest absolute Gasteiger partial charge is 0.368 e. The first-order valence-electron chi connectivity index (χ1n) is 8.45. The van der Waals surface area contributed by atoms with Crippen molar-refractivity contribution in [3.63, 3.8) is 0 Å². The summed E-state index contributed by atoms with van der Waals surface area (Å²) in [6.45, 7) is 0.867. The van der Waals surface area contributed by atoms with Crippen LogP contribution in [0.15, 0.2) is 48.9 Å². The summed E-state index contributed by atoms with van der Waals surface area (Å²) in [6, 6.07) is 8.92. The molecule has 1 saturated heterocycles. The summed E-state index contributed by atoms with van der Waals surface area (Å²) in [4.78, 5) is 23.0. The average molecular weight is 369 g/mol. The van der Waals surface area contributed by atoms with Crippen LogP contribution in [0.4, 0.5) is 20.2 Å². The monoisotopic (exact) mass is 369 g/mol. The van der Waals surface area contributed by atoms with Crippen LogP contribution in [0.1, 0.15) is 6.42 Å². The number of hydrogen-bond donors (Lipinski definition) is 2. The molecule has 1 aromatic heterocycles. The normalized spacial score (nSPS) is 19.4. The van der Waals surface area contributed by atoms with Gasteiger partial charge < -0.3 is 16.0 Å². The minimum absolute atomic E-state index is 0.167. The second-order valence-electron chi connectivity index (χ2n) is 6.64. The maximum atomic E-state index is 13.4. The number of carbonyl (C=O) groups is 1. The first-order chi connectivity index (χ1) is 13.0. The number of nitrogens with two attached hydrogens (primary N) is 1. The van der Waals surface area contributed by atoms with E-state index in [-0.39, 0.29) is 12.2 Å². The second-order valence-corrected chi connectivity index (χ2v) is 6.64. The molecule has 6 nitrogen and oxygen atoms in total. The van der Waals surface area contributed by atoms with E-state index >= 15 is 0 Å². The molecule has 1 aliphatic heterocycles. The zero-order chi connectivity index (χ0) is 19.0. The van der Waals surface area contributed by atoms with Crippen LogP contribution in [-0.4, -0.2) is 34.5 Å². The second kappa shape index (κ2) is 6.55. The van der Waals surface area contributed by atoms with Gasteiger partial charge in [-0.05, 0) is 30.7 Å². The summed E-state index contributed by atoms with van der Waals surface area (Å²) >= 11 is 0. The third-order valence-electron chi connectivity index (χ3n) is 4.80. The third kappa shape index (κ3) is 3.19. The van der Waals surface area contributed by atoms with E-state index < -0.39 is 23.1 Å². The van der Waals surface area contributed by atoms with Crippen LogP contribution in [-0.2, 0) is 4.79 Å². The number of aromatic nitrogens is 2. The van der Waals surface area contributed by atoms with E-state index in [9.17, 15) is 13.6 Å². The van der Waals surface area contributed by atoms with Crippen LogP contribution in [0, 0.1) is 11.6 Å². The van der Waals surface area contributed by atoms with Crippen molar-refractivity contribution in [3.05, 3.63) is 60.6 Å². The lowest BCUT2D eigenvalue weighted by Gasteiger charge is -2.25. The van der Waals surface area contributed by atoms with E-state index in [1.807, 2.05) is 23.1 Å². The van der Waals surface area contributed by atoms with E-state index in [0.29, 0.717) is 13.0 Å². The van der Waals surface area contributed by atoms with Crippen LogP contribution in [0.5, 0.6) is 0 Å². The van der Waals surface area contributed by atoms with Gasteiger partial charge >= 0.3 is 0 Å². The summed E-state index contributed by atoms with van der Waals surface area (Å²) in [6.07, 6.45) is 3.64.